The van der Waals surface area contributed by atoms with Crippen LogP contribution in [-0.4, -0.2) is 21.9 Å². The van der Waals surface area contributed by atoms with Crippen LogP contribution in [0, 0.1) is 11.6 Å². The molecule has 9 heteroatoms. The first-order chi connectivity index (χ1) is 11.0. The van der Waals surface area contributed by atoms with Gasteiger partial charge in [0.2, 0.25) is 11.6 Å². The molecule has 4 nitrogen and oxygen atoms in total. The second kappa shape index (κ2) is 7.87. The van der Waals surface area contributed by atoms with Crippen molar-refractivity contribution in [3.8, 4) is 23.0 Å². The molecule has 0 aromatic heterocycles. The summed E-state index contributed by atoms with van der Waals surface area (Å²) in [5.41, 5.74) is 0. The molecule has 0 aliphatic rings. The van der Waals surface area contributed by atoms with E-state index in [2.05, 4.69) is 31.9 Å². The van der Waals surface area contributed by atoms with E-state index in [9.17, 15) is 8.78 Å². The molecular formula is C14H11BBr2F2O4. The Hall–Kier alpha value is -1.48. The molecule has 0 saturated carbocycles. The van der Waals surface area contributed by atoms with Crippen molar-refractivity contribution < 1.29 is 27.6 Å². The van der Waals surface area contributed by atoms with E-state index in [0.717, 1.165) is 0 Å². The fourth-order valence-corrected chi connectivity index (χ4v) is 2.72. The van der Waals surface area contributed by atoms with Gasteiger partial charge in [-0.3, -0.25) is 0 Å². The maximum Gasteiger partial charge on any atom is 0.576 e. The minimum absolute atomic E-state index is 0.0130. The van der Waals surface area contributed by atoms with Gasteiger partial charge in [-0.2, -0.15) is 8.78 Å². The van der Waals surface area contributed by atoms with E-state index in [1.807, 2.05) is 0 Å². The largest absolute Gasteiger partial charge is 0.576 e. The average molecular weight is 452 g/mol. The molecule has 0 saturated heterocycles. The van der Waals surface area contributed by atoms with Gasteiger partial charge in [-0.15, -0.1) is 0 Å². The fourth-order valence-electron chi connectivity index (χ4n) is 1.78. The van der Waals surface area contributed by atoms with Gasteiger partial charge in [0.25, 0.3) is 0 Å². The Morgan fingerprint density at radius 3 is 1.52 bits per heavy atom. The topological polar surface area (TPSA) is 36.9 Å². The summed E-state index contributed by atoms with van der Waals surface area (Å²) < 4.78 is 49.3. The molecule has 122 valence electrons. The van der Waals surface area contributed by atoms with Crippen LogP contribution in [0.5, 0.6) is 23.0 Å². The lowest BCUT2D eigenvalue weighted by molar-refractivity contribution is 0.360. The quantitative estimate of drug-likeness (QED) is 0.616. The lowest BCUT2D eigenvalue weighted by atomic mass is 10.2. The average Bonchev–Trinajstić information content (AvgIpc) is 2.52. The SMILES string of the molecule is COc1c(Br)ccc(OBOc2ccc(Br)c(OC)c2F)c1F. The van der Waals surface area contributed by atoms with Crippen molar-refractivity contribution >= 4 is 39.5 Å². The first-order valence-electron chi connectivity index (χ1n) is 6.29. The van der Waals surface area contributed by atoms with Crippen LogP contribution in [0.1, 0.15) is 0 Å². The molecule has 0 N–H and O–H groups in total. The van der Waals surface area contributed by atoms with E-state index >= 15 is 0 Å². The summed E-state index contributed by atoms with van der Waals surface area (Å²) >= 11 is 6.32. The highest BCUT2D eigenvalue weighted by molar-refractivity contribution is 9.10. The van der Waals surface area contributed by atoms with Crippen LogP contribution < -0.4 is 18.8 Å². The number of benzene rings is 2. The van der Waals surface area contributed by atoms with Gasteiger partial charge in [-0.1, -0.05) is 0 Å². The van der Waals surface area contributed by atoms with Crippen molar-refractivity contribution in [1.82, 2.24) is 0 Å². The zero-order valence-corrected chi connectivity index (χ0v) is 15.3. The smallest absolute Gasteiger partial charge is 0.526 e. The van der Waals surface area contributed by atoms with Gasteiger partial charge in [-0.05, 0) is 56.1 Å². The Bertz CT molecular complexity index is 656. The first-order valence-corrected chi connectivity index (χ1v) is 7.87. The molecule has 0 radical (unpaired) electrons. The van der Waals surface area contributed by atoms with Gasteiger partial charge in [0.15, 0.2) is 11.5 Å². The molecule has 0 fully saturated rings. The van der Waals surface area contributed by atoms with Gasteiger partial charge in [0.1, 0.15) is 11.5 Å². The van der Waals surface area contributed by atoms with Crippen LogP contribution in [0.25, 0.3) is 0 Å². The van der Waals surface area contributed by atoms with Crippen LogP contribution in [0.4, 0.5) is 8.78 Å². The molecule has 0 aliphatic carbocycles. The lowest BCUT2D eigenvalue weighted by Gasteiger charge is -2.13. The molecule has 0 bridgehead atoms. The molecular weight excluding hydrogens is 441 g/mol. The highest BCUT2D eigenvalue weighted by atomic mass is 79.9. The Labute approximate surface area is 149 Å². The van der Waals surface area contributed by atoms with E-state index in [1.54, 1.807) is 12.1 Å². The van der Waals surface area contributed by atoms with Crippen molar-refractivity contribution in [3.05, 3.63) is 44.8 Å². The molecule has 0 atom stereocenters. The minimum Gasteiger partial charge on any atom is -0.526 e. The van der Waals surface area contributed by atoms with E-state index in [1.165, 1.54) is 26.4 Å². The molecule has 0 amide bonds. The standard InChI is InChI=1S/C14H11BBr2F2O4/c1-20-13-7(16)3-5-9(11(13)18)22-15-23-10-6-4-8(17)14(21-2)12(10)19/h3-6,15H,1-2H3. The first kappa shape index (κ1) is 17.9. The minimum atomic E-state index is -0.681. The van der Waals surface area contributed by atoms with E-state index in [0.29, 0.717) is 8.95 Å². The summed E-state index contributed by atoms with van der Waals surface area (Å²) in [6, 6.07) is 5.95. The Morgan fingerprint density at radius 1 is 0.783 bits per heavy atom. The predicted octanol–water partition coefficient (Wildman–Crippen LogP) is 4.23. The molecule has 0 heterocycles. The van der Waals surface area contributed by atoms with Crippen LogP contribution in [0.3, 0.4) is 0 Å². The van der Waals surface area contributed by atoms with Crippen molar-refractivity contribution in [2.75, 3.05) is 14.2 Å². The number of methoxy groups -OCH3 is 2. The Morgan fingerprint density at radius 2 is 1.17 bits per heavy atom. The maximum atomic E-state index is 14.1. The summed E-state index contributed by atoms with van der Waals surface area (Å²) in [5, 5.41) is 0. The van der Waals surface area contributed by atoms with Crippen molar-refractivity contribution in [1.29, 1.82) is 0 Å². The second-order valence-electron chi connectivity index (χ2n) is 4.19. The summed E-state index contributed by atoms with van der Waals surface area (Å²) in [6.07, 6.45) is 0. The van der Waals surface area contributed by atoms with E-state index < -0.39 is 11.6 Å². The Balaban J connectivity index is 2.09. The molecule has 2 aromatic carbocycles. The lowest BCUT2D eigenvalue weighted by Crippen LogP contribution is -2.13. The van der Waals surface area contributed by atoms with Gasteiger partial charge in [-0.25, -0.2) is 0 Å². The van der Waals surface area contributed by atoms with Gasteiger partial charge in [0, 0.05) is 0 Å². The van der Waals surface area contributed by atoms with Gasteiger partial charge >= 0.3 is 7.69 Å². The summed E-state index contributed by atoms with van der Waals surface area (Å²) in [4.78, 5) is 0. The molecule has 0 aliphatic heterocycles. The van der Waals surface area contributed by atoms with E-state index in [4.69, 9.17) is 18.8 Å². The number of halogens is 4. The molecule has 0 spiro atoms. The van der Waals surface area contributed by atoms with Gasteiger partial charge in [0.05, 0.1) is 23.2 Å². The van der Waals surface area contributed by atoms with Crippen LogP contribution in [0.2, 0.25) is 0 Å². The van der Waals surface area contributed by atoms with Gasteiger partial charge < -0.3 is 18.8 Å². The molecule has 2 rings (SSSR count). The summed E-state index contributed by atoms with van der Waals surface area (Å²) in [6.45, 7) is 0. The van der Waals surface area contributed by atoms with Crippen molar-refractivity contribution in [2.24, 2.45) is 0 Å². The number of rotatable bonds is 6. The van der Waals surface area contributed by atoms with Crippen LogP contribution >= 0.6 is 31.9 Å². The molecule has 2 aromatic rings. The third-order valence-electron chi connectivity index (χ3n) is 2.86. The van der Waals surface area contributed by atoms with Crippen molar-refractivity contribution in [3.63, 3.8) is 0 Å². The van der Waals surface area contributed by atoms with Crippen LogP contribution in [-0.2, 0) is 0 Å². The second-order valence-corrected chi connectivity index (χ2v) is 5.90. The molecule has 23 heavy (non-hydrogen) atoms. The third kappa shape index (κ3) is 3.90. The third-order valence-corrected chi connectivity index (χ3v) is 4.11. The van der Waals surface area contributed by atoms with Crippen molar-refractivity contribution in [2.45, 2.75) is 0 Å². The predicted molar refractivity (Wildman–Crippen MR) is 89.7 cm³/mol. The Kier molecular flexibility index (Phi) is 6.12. The summed E-state index contributed by atoms with van der Waals surface area (Å²) in [5.74, 6) is -1.49. The monoisotopic (exact) mass is 450 g/mol. The fraction of sp³-hybridized carbons (Fsp3) is 0.143. The number of hydrogen-bond acceptors (Lipinski definition) is 4. The normalized spacial score (nSPS) is 10.2. The zero-order chi connectivity index (χ0) is 17.0. The zero-order valence-electron chi connectivity index (χ0n) is 12.2. The summed E-state index contributed by atoms with van der Waals surface area (Å²) in [7, 11) is 2.29. The van der Waals surface area contributed by atoms with E-state index in [-0.39, 0.29) is 30.7 Å². The maximum absolute atomic E-state index is 14.1. The highest BCUT2D eigenvalue weighted by Gasteiger charge is 2.17. The number of hydrogen-bond donors (Lipinski definition) is 0. The number of ether oxygens (including phenoxy) is 2. The molecule has 0 unspecified atom stereocenters. The highest BCUT2D eigenvalue weighted by Crippen LogP contribution is 2.35. The van der Waals surface area contributed by atoms with Crippen LogP contribution in [0.15, 0.2) is 33.2 Å².